The van der Waals surface area contributed by atoms with Crippen LogP contribution in [-0.2, 0) is 6.54 Å². The van der Waals surface area contributed by atoms with Gasteiger partial charge in [0.2, 0.25) is 0 Å². The second-order valence-electron chi connectivity index (χ2n) is 6.27. The molecule has 0 radical (unpaired) electrons. The van der Waals surface area contributed by atoms with Gasteiger partial charge in [0.15, 0.2) is 0 Å². The molecule has 0 N–H and O–H groups in total. The highest BCUT2D eigenvalue weighted by atomic mass is 35.5. The highest BCUT2D eigenvalue weighted by Gasteiger charge is 2.33. The van der Waals surface area contributed by atoms with E-state index < -0.39 is 4.92 Å². The summed E-state index contributed by atoms with van der Waals surface area (Å²) in [5, 5.41) is 11.2. The van der Waals surface area contributed by atoms with Crippen molar-refractivity contribution >= 4 is 17.3 Å². The number of nitro benzene ring substituents is 1. The molecule has 21 heavy (non-hydrogen) atoms. The first kappa shape index (κ1) is 14.8. The highest BCUT2D eigenvalue weighted by Crippen LogP contribution is 2.36. The van der Waals surface area contributed by atoms with Crippen LogP contribution in [0.1, 0.15) is 44.1 Å². The number of rotatable bonds is 4. The van der Waals surface area contributed by atoms with Gasteiger partial charge in [-0.1, -0.05) is 30.5 Å². The average Bonchev–Trinajstić information content (AvgIpc) is 3.11. The van der Waals surface area contributed by atoms with Crippen molar-refractivity contribution in [3.8, 4) is 0 Å². The summed E-state index contributed by atoms with van der Waals surface area (Å²) in [6, 6.07) is 5.86. The number of hydrogen-bond acceptors (Lipinski definition) is 3. The molecule has 0 amide bonds. The van der Waals surface area contributed by atoms with Gasteiger partial charge in [-0.15, -0.1) is 0 Å². The van der Waals surface area contributed by atoms with Gasteiger partial charge in [-0.2, -0.15) is 0 Å². The number of hydrogen-bond donors (Lipinski definition) is 0. The number of likely N-dealkylation sites (tertiary alicyclic amines) is 1. The van der Waals surface area contributed by atoms with E-state index in [0.29, 0.717) is 6.04 Å². The van der Waals surface area contributed by atoms with Crippen LogP contribution in [0.5, 0.6) is 0 Å². The molecular formula is C16H21ClN2O2. The number of benzene rings is 1. The van der Waals surface area contributed by atoms with Crippen molar-refractivity contribution in [1.82, 2.24) is 4.90 Å². The molecular weight excluding hydrogens is 288 g/mol. The summed E-state index contributed by atoms with van der Waals surface area (Å²) in [6.45, 7) is 1.91. The Labute approximate surface area is 130 Å². The molecule has 0 bridgehead atoms. The average molecular weight is 309 g/mol. The van der Waals surface area contributed by atoms with Crippen LogP contribution < -0.4 is 0 Å². The van der Waals surface area contributed by atoms with Crippen LogP contribution in [0.2, 0.25) is 5.02 Å². The smallest absolute Gasteiger partial charge is 0.288 e. The summed E-state index contributed by atoms with van der Waals surface area (Å²) in [5.74, 6) is 0.829. The summed E-state index contributed by atoms with van der Waals surface area (Å²) in [5.41, 5.74) is 1.02. The van der Waals surface area contributed by atoms with Gasteiger partial charge in [0.05, 0.1) is 4.92 Å². The number of halogens is 1. The fourth-order valence-corrected chi connectivity index (χ4v) is 4.14. The molecule has 4 nitrogen and oxygen atoms in total. The van der Waals surface area contributed by atoms with E-state index in [9.17, 15) is 10.1 Å². The van der Waals surface area contributed by atoms with Gasteiger partial charge in [0, 0.05) is 18.7 Å². The van der Waals surface area contributed by atoms with Crippen molar-refractivity contribution in [3.63, 3.8) is 0 Å². The zero-order chi connectivity index (χ0) is 14.8. The van der Waals surface area contributed by atoms with Gasteiger partial charge < -0.3 is 0 Å². The molecule has 114 valence electrons. The van der Waals surface area contributed by atoms with E-state index in [0.717, 1.165) is 24.6 Å². The molecule has 0 aromatic heterocycles. The minimum atomic E-state index is -0.399. The predicted molar refractivity (Wildman–Crippen MR) is 83.5 cm³/mol. The third-order valence-corrected chi connectivity index (χ3v) is 5.27. The normalized spacial score (nSPS) is 23.8. The van der Waals surface area contributed by atoms with E-state index in [2.05, 4.69) is 4.90 Å². The lowest BCUT2D eigenvalue weighted by Crippen LogP contribution is -2.34. The molecule has 1 unspecified atom stereocenters. The van der Waals surface area contributed by atoms with Crippen LogP contribution in [0.25, 0.3) is 0 Å². The summed E-state index contributed by atoms with van der Waals surface area (Å²) in [7, 11) is 0. The molecule has 5 heteroatoms. The largest absolute Gasteiger partial charge is 0.296 e. The van der Waals surface area contributed by atoms with Crippen LogP contribution in [0.4, 0.5) is 5.69 Å². The first-order valence-electron chi connectivity index (χ1n) is 7.82. The zero-order valence-electron chi connectivity index (χ0n) is 12.1. The minimum absolute atomic E-state index is 0.0192. The molecule has 1 aliphatic carbocycles. The maximum atomic E-state index is 11.0. The van der Waals surface area contributed by atoms with Gasteiger partial charge in [0.25, 0.3) is 5.69 Å². The van der Waals surface area contributed by atoms with Crippen LogP contribution in [0, 0.1) is 16.0 Å². The summed E-state index contributed by atoms with van der Waals surface area (Å²) in [4.78, 5) is 13.1. The fourth-order valence-electron chi connectivity index (χ4n) is 3.96. The summed E-state index contributed by atoms with van der Waals surface area (Å²) >= 11 is 5.88. The highest BCUT2D eigenvalue weighted by molar-refractivity contribution is 6.32. The number of nitrogens with zero attached hydrogens (tertiary/aromatic N) is 2. The molecule has 1 heterocycles. The molecule has 1 aromatic rings. The van der Waals surface area contributed by atoms with Crippen molar-refractivity contribution in [1.29, 1.82) is 0 Å². The van der Waals surface area contributed by atoms with E-state index in [1.54, 1.807) is 12.1 Å². The first-order valence-corrected chi connectivity index (χ1v) is 8.20. The third-order valence-electron chi connectivity index (χ3n) is 4.95. The Kier molecular flexibility index (Phi) is 4.45. The Balaban J connectivity index is 1.73. The molecule has 2 aliphatic rings. The Hall–Kier alpha value is -1.13. The Morgan fingerprint density at radius 3 is 2.71 bits per heavy atom. The lowest BCUT2D eigenvalue weighted by Gasteiger charge is -2.29. The van der Waals surface area contributed by atoms with Crippen molar-refractivity contribution in [2.75, 3.05) is 6.54 Å². The first-order chi connectivity index (χ1) is 10.1. The van der Waals surface area contributed by atoms with Crippen molar-refractivity contribution in [2.45, 2.75) is 51.1 Å². The van der Waals surface area contributed by atoms with Gasteiger partial charge in [-0.3, -0.25) is 15.0 Å². The standard InChI is InChI=1S/C16H21ClN2O2/c17-14-8-7-12(10-16(14)19(20)21)11-18-9-3-6-15(18)13-4-1-2-5-13/h7-8,10,13,15H,1-6,9,11H2. The Morgan fingerprint density at radius 2 is 2.00 bits per heavy atom. The van der Waals surface area contributed by atoms with Crippen LogP contribution in [0.15, 0.2) is 18.2 Å². The third kappa shape index (κ3) is 3.22. The Morgan fingerprint density at radius 1 is 1.24 bits per heavy atom. The number of nitro groups is 1. The summed E-state index contributed by atoms with van der Waals surface area (Å²) in [6.07, 6.45) is 7.95. The molecule has 1 atom stereocenters. The molecule has 0 spiro atoms. The van der Waals surface area contributed by atoms with E-state index in [1.165, 1.54) is 38.5 Å². The Bertz CT molecular complexity index is 529. The maximum Gasteiger partial charge on any atom is 0.288 e. The second kappa shape index (κ2) is 6.32. The quantitative estimate of drug-likeness (QED) is 0.611. The second-order valence-corrected chi connectivity index (χ2v) is 6.67. The van der Waals surface area contributed by atoms with E-state index in [1.807, 2.05) is 6.07 Å². The molecule has 1 saturated carbocycles. The lowest BCUT2D eigenvalue weighted by molar-refractivity contribution is -0.384. The molecule has 2 fully saturated rings. The van der Waals surface area contributed by atoms with Crippen LogP contribution >= 0.6 is 11.6 Å². The fraction of sp³-hybridized carbons (Fsp3) is 0.625. The molecule has 3 rings (SSSR count). The van der Waals surface area contributed by atoms with Crippen molar-refractivity contribution in [3.05, 3.63) is 38.9 Å². The topological polar surface area (TPSA) is 46.4 Å². The van der Waals surface area contributed by atoms with Gasteiger partial charge >= 0.3 is 0 Å². The molecule has 1 saturated heterocycles. The minimum Gasteiger partial charge on any atom is -0.296 e. The van der Waals surface area contributed by atoms with Crippen molar-refractivity contribution in [2.24, 2.45) is 5.92 Å². The van der Waals surface area contributed by atoms with Gasteiger partial charge in [-0.25, -0.2) is 0 Å². The monoisotopic (exact) mass is 308 g/mol. The van der Waals surface area contributed by atoms with Crippen molar-refractivity contribution < 1.29 is 4.92 Å². The zero-order valence-corrected chi connectivity index (χ0v) is 12.9. The van der Waals surface area contributed by atoms with E-state index >= 15 is 0 Å². The summed E-state index contributed by atoms with van der Waals surface area (Å²) < 4.78 is 0. The predicted octanol–water partition coefficient (Wildman–Crippen LogP) is 4.40. The lowest BCUT2D eigenvalue weighted by atomic mass is 9.96. The SMILES string of the molecule is O=[N+]([O-])c1cc(CN2CCCC2C2CCCC2)ccc1Cl. The molecule has 1 aliphatic heterocycles. The van der Waals surface area contributed by atoms with Gasteiger partial charge in [-0.05, 0) is 49.8 Å². The van der Waals surface area contributed by atoms with Crippen LogP contribution in [-0.4, -0.2) is 22.4 Å². The maximum absolute atomic E-state index is 11.0. The van der Waals surface area contributed by atoms with E-state index in [-0.39, 0.29) is 10.7 Å². The van der Waals surface area contributed by atoms with Gasteiger partial charge in [0.1, 0.15) is 5.02 Å². The van der Waals surface area contributed by atoms with Crippen LogP contribution in [0.3, 0.4) is 0 Å². The van der Waals surface area contributed by atoms with E-state index in [4.69, 9.17) is 11.6 Å². The molecule has 1 aromatic carbocycles.